The molecular formula is C24H26FNO2. The first kappa shape index (κ1) is 19.7. The molecule has 0 radical (unpaired) electrons. The molecule has 0 aliphatic rings. The van der Waals surface area contributed by atoms with Crippen molar-refractivity contribution in [3.8, 4) is 11.5 Å². The molecule has 0 bridgehead atoms. The number of hydrogen-bond acceptors (Lipinski definition) is 3. The Morgan fingerprint density at radius 2 is 1.68 bits per heavy atom. The summed E-state index contributed by atoms with van der Waals surface area (Å²) in [6.07, 6.45) is 0. The van der Waals surface area contributed by atoms with Crippen LogP contribution < -0.4 is 14.8 Å². The molecule has 3 aromatic carbocycles. The van der Waals surface area contributed by atoms with E-state index >= 15 is 0 Å². The molecule has 3 aromatic rings. The van der Waals surface area contributed by atoms with Gasteiger partial charge in [-0.05, 0) is 67.8 Å². The number of hydrogen-bond donors (Lipinski definition) is 1. The van der Waals surface area contributed by atoms with Crippen molar-refractivity contribution in [2.75, 3.05) is 11.9 Å². The Morgan fingerprint density at radius 3 is 2.43 bits per heavy atom. The Balaban J connectivity index is 1.69. The molecule has 0 unspecified atom stereocenters. The molecule has 1 N–H and O–H groups in total. The fraction of sp³-hybridized carbons (Fsp3) is 0.250. The average Bonchev–Trinajstić information content (AvgIpc) is 2.69. The topological polar surface area (TPSA) is 30.5 Å². The Labute approximate surface area is 166 Å². The summed E-state index contributed by atoms with van der Waals surface area (Å²) in [6.45, 7) is 7.51. The molecule has 0 aliphatic carbocycles. The molecule has 0 heterocycles. The zero-order valence-corrected chi connectivity index (χ0v) is 16.6. The van der Waals surface area contributed by atoms with Crippen molar-refractivity contribution >= 4 is 5.69 Å². The summed E-state index contributed by atoms with van der Waals surface area (Å²) in [4.78, 5) is 0. The first-order valence-electron chi connectivity index (χ1n) is 9.50. The molecule has 0 aromatic heterocycles. The van der Waals surface area contributed by atoms with E-state index in [1.807, 2.05) is 25.1 Å². The van der Waals surface area contributed by atoms with E-state index in [-0.39, 0.29) is 12.4 Å². The van der Waals surface area contributed by atoms with Gasteiger partial charge in [-0.2, -0.15) is 0 Å². The van der Waals surface area contributed by atoms with Gasteiger partial charge >= 0.3 is 0 Å². The van der Waals surface area contributed by atoms with Gasteiger partial charge in [-0.3, -0.25) is 0 Å². The van der Waals surface area contributed by atoms with Crippen LogP contribution in [-0.4, -0.2) is 6.61 Å². The van der Waals surface area contributed by atoms with E-state index in [1.54, 1.807) is 18.2 Å². The molecule has 146 valence electrons. The lowest BCUT2D eigenvalue weighted by Gasteiger charge is -2.15. The minimum atomic E-state index is -0.269. The highest BCUT2D eigenvalue weighted by Gasteiger charge is 2.09. The lowest BCUT2D eigenvalue weighted by molar-refractivity contribution is 0.265. The van der Waals surface area contributed by atoms with E-state index in [0.29, 0.717) is 30.2 Å². The van der Waals surface area contributed by atoms with Crippen LogP contribution in [0.25, 0.3) is 0 Å². The van der Waals surface area contributed by atoms with Crippen LogP contribution >= 0.6 is 0 Å². The molecule has 0 atom stereocenters. The van der Waals surface area contributed by atoms with Crippen molar-refractivity contribution in [3.05, 3.63) is 88.7 Å². The molecule has 28 heavy (non-hydrogen) atoms. The van der Waals surface area contributed by atoms with E-state index in [2.05, 4.69) is 37.4 Å². The number of aryl methyl sites for hydroxylation is 2. The van der Waals surface area contributed by atoms with Crippen LogP contribution in [0.1, 0.15) is 29.2 Å². The molecule has 0 saturated carbocycles. The van der Waals surface area contributed by atoms with Crippen LogP contribution in [0.3, 0.4) is 0 Å². The normalized spacial score (nSPS) is 10.6. The van der Waals surface area contributed by atoms with Crippen LogP contribution in [0.2, 0.25) is 0 Å². The number of anilines is 1. The summed E-state index contributed by atoms with van der Waals surface area (Å²) >= 11 is 0. The van der Waals surface area contributed by atoms with Crippen molar-refractivity contribution < 1.29 is 13.9 Å². The standard InChI is InChI=1S/C24H26FNO2/c1-4-27-24-14-19(15-26-21-11-9-17(2)18(3)13-21)10-12-23(24)28-16-20-7-5-6-8-22(20)25/h5-14,26H,4,15-16H2,1-3H3. The van der Waals surface area contributed by atoms with Gasteiger partial charge in [-0.1, -0.05) is 30.3 Å². The van der Waals surface area contributed by atoms with Crippen molar-refractivity contribution in [1.82, 2.24) is 0 Å². The smallest absolute Gasteiger partial charge is 0.161 e. The molecule has 0 spiro atoms. The molecular weight excluding hydrogens is 353 g/mol. The molecule has 0 aliphatic heterocycles. The van der Waals surface area contributed by atoms with E-state index in [9.17, 15) is 4.39 Å². The third kappa shape index (κ3) is 5.03. The summed E-state index contributed by atoms with van der Waals surface area (Å²) < 4.78 is 25.4. The molecule has 0 saturated heterocycles. The van der Waals surface area contributed by atoms with Gasteiger partial charge in [0.2, 0.25) is 0 Å². The van der Waals surface area contributed by atoms with E-state index in [4.69, 9.17) is 9.47 Å². The minimum Gasteiger partial charge on any atom is -0.490 e. The fourth-order valence-electron chi connectivity index (χ4n) is 2.88. The predicted octanol–water partition coefficient (Wildman–Crippen LogP) is 6.03. The molecule has 3 rings (SSSR count). The van der Waals surface area contributed by atoms with Gasteiger partial charge in [0.1, 0.15) is 12.4 Å². The maximum Gasteiger partial charge on any atom is 0.161 e. The van der Waals surface area contributed by atoms with E-state index in [0.717, 1.165) is 11.3 Å². The minimum absolute atomic E-state index is 0.160. The maximum absolute atomic E-state index is 13.8. The summed E-state index contributed by atoms with van der Waals surface area (Å²) in [5.41, 5.74) is 5.23. The first-order valence-corrected chi connectivity index (χ1v) is 9.50. The monoisotopic (exact) mass is 379 g/mol. The summed E-state index contributed by atoms with van der Waals surface area (Å²) in [5, 5.41) is 3.44. The van der Waals surface area contributed by atoms with Gasteiger partial charge in [0, 0.05) is 17.8 Å². The van der Waals surface area contributed by atoms with Crippen LogP contribution in [0.4, 0.5) is 10.1 Å². The van der Waals surface area contributed by atoms with Crippen LogP contribution in [0.5, 0.6) is 11.5 Å². The van der Waals surface area contributed by atoms with Crippen molar-refractivity contribution in [3.63, 3.8) is 0 Å². The molecule has 0 amide bonds. The summed E-state index contributed by atoms with van der Waals surface area (Å²) in [5.74, 6) is 1.01. The predicted molar refractivity (Wildman–Crippen MR) is 112 cm³/mol. The largest absolute Gasteiger partial charge is 0.490 e. The highest BCUT2D eigenvalue weighted by molar-refractivity contribution is 5.49. The highest BCUT2D eigenvalue weighted by atomic mass is 19.1. The third-order valence-electron chi connectivity index (χ3n) is 4.65. The van der Waals surface area contributed by atoms with Crippen molar-refractivity contribution in [2.24, 2.45) is 0 Å². The summed E-state index contributed by atoms with van der Waals surface area (Å²) in [6, 6.07) is 18.8. The van der Waals surface area contributed by atoms with Gasteiger partial charge in [0.25, 0.3) is 0 Å². The van der Waals surface area contributed by atoms with Gasteiger partial charge in [-0.25, -0.2) is 4.39 Å². The highest BCUT2D eigenvalue weighted by Crippen LogP contribution is 2.30. The van der Waals surface area contributed by atoms with Gasteiger partial charge in [0.05, 0.1) is 6.61 Å². The average molecular weight is 379 g/mol. The number of rotatable bonds is 8. The number of benzene rings is 3. The Kier molecular flexibility index (Phi) is 6.53. The number of ether oxygens (including phenoxy) is 2. The SMILES string of the molecule is CCOc1cc(CNc2ccc(C)c(C)c2)ccc1OCc1ccccc1F. The van der Waals surface area contributed by atoms with Crippen molar-refractivity contribution in [2.45, 2.75) is 33.9 Å². The van der Waals surface area contributed by atoms with Gasteiger partial charge < -0.3 is 14.8 Å². The Bertz CT molecular complexity index is 940. The fourth-order valence-corrected chi connectivity index (χ4v) is 2.88. The van der Waals surface area contributed by atoms with Crippen molar-refractivity contribution in [1.29, 1.82) is 0 Å². The molecule has 0 fully saturated rings. The number of nitrogens with one attached hydrogen (secondary N) is 1. The number of halogens is 1. The second-order valence-corrected chi connectivity index (χ2v) is 6.75. The first-order chi connectivity index (χ1) is 13.6. The summed E-state index contributed by atoms with van der Waals surface area (Å²) in [7, 11) is 0. The van der Waals surface area contributed by atoms with E-state index < -0.39 is 0 Å². The zero-order chi connectivity index (χ0) is 19.9. The Hall–Kier alpha value is -3.01. The molecule has 4 heteroatoms. The second-order valence-electron chi connectivity index (χ2n) is 6.75. The van der Waals surface area contributed by atoms with Gasteiger partial charge in [0.15, 0.2) is 11.5 Å². The van der Waals surface area contributed by atoms with Crippen LogP contribution in [0.15, 0.2) is 60.7 Å². The third-order valence-corrected chi connectivity index (χ3v) is 4.65. The lowest BCUT2D eigenvalue weighted by Crippen LogP contribution is -2.04. The quantitative estimate of drug-likeness (QED) is 0.518. The Morgan fingerprint density at radius 1 is 0.857 bits per heavy atom. The lowest BCUT2D eigenvalue weighted by atomic mass is 10.1. The van der Waals surface area contributed by atoms with Crippen LogP contribution in [0, 0.1) is 19.7 Å². The molecule has 3 nitrogen and oxygen atoms in total. The second kappa shape index (κ2) is 9.27. The van der Waals surface area contributed by atoms with E-state index in [1.165, 1.54) is 17.2 Å². The van der Waals surface area contributed by atoms with Gasteiger partial charge in [-0.15, -0.1) is 0 Å². The van der Waals surface area contributed by atoms with Crippen LogP contribution in [-0.2, 0) is 13.2 Å². The maximum atomic E-state index is 13.8. The zero-order valence-electron chi connectivity index (χ0n) is 16.6.